The van der Waals surface area contributed by atoms with Crippen molar-refractivity contribution in [3.63, 3.8) is 0 Å². The lowest BCUT2D eigenvalue weighted by molar-refractivity contribution is -0.170. The predicted octanol–water partition coefficient (Wildman–Crippen LogP) is 0.928. The number of carboxylic acids is 1. The number of carbonyl (C=O) groups is 3. The number of ketones is 1. The zero-order valence-corrected chi connectivity index (χ0v) is 9.30. The van der Waals surface area contributed by atoms with Crippen LogP contribution in [0.1, 0.15) is 25.7 Å². The Morgan fingerprint density at radius 2 is 1.88 bits per heavy atom. The third-order valence-electron chi connectivity index (χ3n) is 3.37. The molecule has 0 radical (unpaired) electrons. The maximum Gasteiger partial charge on any atom is 0.328 e. The molecule has 0 aromatic carbocycles. The SMILES string of the molecule is O=C(O)C=CC1OC(=O)C2CCCCC2C1=O. The van der Waals surface area contributed by atoms with Crippen LogP contribution in [0, 0.1) is 11.8 Å². The molecule has 1 aliphatic carbocycles. The van der Waals surface area contributed by atoms with Crippen LogP contribution in [0.5, 0.6) is 0 Å². The third kappa shape index (κ3) is 2.38. The van der Waals surface area contributed by atoms with E-state index in [0.29, 0.717) is 12.8 Å². The number of esters is 1. The van der Waals surface area contributed by atoms with Gasteiger partial charge in [0.05, 0.1) is 5.92 Å². The number of cyclic esters (lactones) is 1. The van der Waals surface area contributed by atoms with Crippen molar-refractivity contribution in [1.29, 1.82) is 0 Å². The fraction of sp³-hybridized carbons (Fsp3) is 0.583. The van der Waals surface area contributed by atoms with Crippen molar-refractivity contribution in [2.45, 2.75) is 31.8 Å². The molecule has 0 aromatic heterocycles. The Hall–Kier alpha value is -1.65. The Balaban J connectivity index is 2.14. The molecule has 3 atom stereocenters. The lowest BCUT2D eigenvalue weighted by atomic mass is 9.74. The highest BCUT2D eigenvalue weighted by molar-refractivity contribution is 5.96. The molecule has 17 heavy (non-hydrogen) atoms. The van der Waals surface area contributed by atoms with E-state index in [4.69, 9.17) is 9.84 Å². The highest BCUT2D eigenvalue weighted by Gasteiger charge is 2.44. The van der Waals surface area contributed by atoms with Crippen LogP contribution in [0.4, 0.5) is 0 Å². The van der Waals surface area contributed by atoms with Crippen molar-refractivity contribution < 1.29 is 24.2 Å². The normalized spacial score (nSPS) is 33.3. The van der Waals surface area contributed by atoms with E-state index >= 15 is 0 Å². The van der Waals surface area contributed by atoms with Crippen LogP contribution in [-0.2, 0) is 19.1 Å². The van der Waals surface area contributed by atoms with E-state index in [0.717, 1.165) is 25.0 Å². The van der Waals surface area contributed by atoms with Crippen molar-refractivity contribution in [2.24, 2.45) is 11.8 Å². The Bertz CT molecular complexity index is 384. The van der Waals surface area contributed by atoms with Gasteiger partial charge in [-0.05, 0) is 18.9 Å². The van der Waals surface area contributed by atoms with Gasteiger partial charge in [-0.15, -0.1) is 0 Å². The van der Waals surface area contributed by atoms with E-state index in [1.54, 1.807) is 0 Å². The molecule has 2 rings (SSSR count). The fourth-order valence-electron chi connectivity index (χ4n) is 2.54. The molecule has 0 spiro atoms. The Labute approximate surface area is 98.4 Å². The van der Waals surface area contributed by atoms with Gasteiger partial charge in [-0.2, -0.15) is 0 Å². The summed E-state index contributed by atoms with van der Waals surface area (Å²) >= 11 is 0. The van der Waals surface area contributed by atoms with E-state index < -0.39 is 12.1 Å². The van der Waals surface area contributed by atoms with Gasteiger partial charge in [0.2, 0.25) is 0 Å². The molecule has 5 heteroatoms. The number of carboxylic acid groups (broad SMARTS) is 1. The van der Waals surface area contributed by atoms with Gasteiger partial charge in [0.25, 0.3) is 0 Å². The van der Waals surface area contributed by atoms with Gasteiger partial charge in [0, 0.05) is 12.0 Å². The average Bonchev–Trinajstić information content (AvgIpc) is 2.32. The predicted molar refractivity (Wildman–Crippen MR) is 57.1 cm³/mol. The molecule has 2 fully saturated rings. The first kappa shape index (κ1) is 11.8. The number of ether oxygens (including phenoxy) is 1. The first-order chi connectivity index (χ1) is 8.09. The zero-order valence-electron chi connectivity index (χ0n) is 9.30. The molecule has 2 aliphatic rings. The van der Waals surface area contributed by atoms with Crippen LogP contribution in [0.25, 0.3) is 0 Å². The molecule has 5 nitrogen and oxygen atoms in total. The van der Waals surface area contributed by atoms with Crippen LogP contribution in [0.2, 0.25) is 0 Å². The second-order valence-electron chi connectivity index (χ2n) is 4.45. The number of hydrogen-bond donors (Lipinski definition) is 1. The summed E-state index contributed by atoms with van der Waals surface area (Å²) in [6.45, 7) is 0. The topological polar surface area (TPSA) is 80.7 Å². The number of hydrogen-bond acceptors (Lipinski definition) is 4. The average molecular weight is 238 g/mol. The zero-order chi connectivity index (χ0) is 12.4. The first-order valence-corrected chi connectivity index (χ1v) is 5.75. The van der Waals surface area contributed by atoms with Gasteiger partial charge < -0.3 is 9.84 Å². The molecule has 1 saturated heterocycles. The molecule has 0 aromatic rings. The third-order valence-corrected chi connectivity index (χ3v) is 3.37. The van der Waals surface area contributed by atoms with Gasteiger partial charge in [0.1, 0.15) is 0 Å². The Morgan fingerprint density at radius 1 is 1.24 bits per heavy atom. The maximum atomic E-state index is 12.0. The molecule has 1 aliphatic heterocycles. The minimum atomic E-state index is -1.15. The summed E-state index contributed by atoms with van der Waals surface area (Å²) in [7, 11) is 0. The van der Waals surface area contributed by atoms with Gasteiger partial charge in [0.15, 0.2) is 11.9 Å². The highest BCUT2D eigenvalue weighted by atomic mass is 16.5. The number of Topliss-reactive ketones (excluding diaryl/α,β-unsaturated/α-hetero) is 1. The summed E-state index contributed by atoms with van der Waals surface area (Å²) < 4.78 is 4.98. The summed E-state index contributed by atoms with van der Waals surface area (Å²) in [5.74, 6) is -2.28. The minimum absolute atomic E-state index is 0.160. The lowest BCUT2D eigenvalue weighted by Gasteiger charge is -2.35. The summed E-state index contributed by atoms with van der Waals surface area (Å²) in [6, 6.07) is 0. The monoisotopic (exact) mass is 238 g/mol. The van der Waals surface area contributed by atoms with Crippen molar-refractivity contribution in [2.75, 3.05) is 0 Å². The van der Waals surface area contributed by atoms with Crippen molar-refractivity contribution in [3.8, 4) is 0 Å². The molecule has 0 bridgehead atoms. The van der Waals surface area contributed by atoms with E-state index in [1.165, 1.54) is 0 Å². The maximum absolute atomic E-state index is 12.0. The minimum Gasteiger partial charge on any atom is -0.478 e. The molecule has 1 N–H and O–H groups in total. The van der Waals surface area contributed by atoms with Gasteiger partial charge >= 0.3 is 11.9 Å². The molecule has 92 valence electrons. The standard InChI is InChI=1S/C12H14O5/c13-10(14)6-5-9-11(15)7-3-1-2-4-8(7)12(16)17-9/h5-9H,1-4H2,(H,13,14). The Morgan fingerprint density at radius 3 is 2.53 bits per heavy atom. The largest absolute Gasteiger partial charge is 0.478 e. The molecule has 1 heterocycles. The van der Waals surface area contributed by atoms with Crippen molar-refractivity contribution in [3.05, 3.63) is 12.2 Å². The van der Waals surface area contributed by atoms with Crippen molar-refractivity contribution in [1.82, 2.24) is 0 Å². The van der Waals surface area contributed by atoms with Gasteiger partial charge in [-0.3, -0.25) is 9.59 Å². The summed E-state index contributed by atoms with van der Waals surface area (Å²) in [5.41, 5.74) is 0. The molecule has 3 unspecified atom stereocenters. The van der Waals surface area contributed by atoms with Crippen molar-refractivity contribution >= 4 is 17.7 Å². The second kappa shape index (κ2) is 4.69. The summed E-state index contributed by atoms with van der Waals surface area (Å²) in [4.78, 5) is 34.0. The molecule has 1 saturated carbocycles. The first-order valence-electron chi connectivity index (χ1n) is 5.75. The Kier molecular flexibility index (Phi) is 3.26. The van der Waals surface area contributed by atoms with Gasteiger partial charge in [-0.1, -0.05) is 12.8 Å². The highest BCUT2D eigenvalue weighted by Crippen LogP contribution is 2.36. The molecular weight excluding hydrogens is 224 g/mol. The van der Waals surface area contributed by atoms with Crippen LogP contribution in [-0.4, -0.2) is 28.9 Å². The number of rotatable bonds is 2. The van der Waals surface area contributed by atoms with E-state index in [9.17, 15) is 14.4 Å². The van der Waals surface area contributed by atoms with Crippen LogP contribution in [0.3, 0.4) is 0 Å². The molecule has 0 amide bonds. The van der Waals surface area contributed by atoms with E-state index in [1.807, 2.05) is 0 Å². The molecular formula is C12H14O5. The van der Waals surface area contributed by atoms with Gasteiger partial charge in [-0.25, -0.2) is 4.79 Å². The quantitative estimate of drug-likeness (QED) is 0.571. The van der Waals surface area contributed by atoms with Crippen LogP contribution in [0.15, 0.2) is 12.2 Å². The van der Waals surface area contributed by atoms with Crippen LogP contribution >= 0.6 is 0 Å². The summed E-state index contributed by atoms with van der Waals surface area (Å²) in [5, 5.41) is 8.49. The fourth-order valence-corrected chi connectivity index (χ4v) is 2.54. The van der Waals surface area contributed by atoms with E-state index in [-0.39, 0.29) is 23.6 Å². The van der Waals surface area contributed by atoms with E-state index in [2.05, 4.69) is 0 Å². The number of carbonyl (C=O) groups excluding carboxylic acids is 2. The lowest BCUT2D eigenvalue weighted by Crippen LogP contribution is -2.46. The number of aliphatic carboxylic acids is 1. The summed E-state index contributed by atoms with van der Waals surface area (Å²) in [6.07, 6.45) is 4.26. The number of fused-ring (bicyclic) bond motifs is 1. The smallest absolute Gasteiger partial charge is 0.328 e. The van der Waals surface area contributed by atoms with Crippen LogP contribution < -0.4 is 0 Å². The second-order valence-corrected chi connectivity index (χ2v) is 4.45.